The normalized spacial score (nSPS) is 18.1. The molecular formula is C5F10O. The number of carbonyl (C=O) groups is 1. The Morgan fingerprint density at radius 3 is 1.06 bits per heavy atom. The van der Waals surface area contributed by atoms with Crippen molar-refractivity contribution in [3.63, 3.8) is 0 Å². The van der Waals surface area contributed by atoms with Crippen molar-refractivity contribution in [1.82, 2.24) is 0 Å². The van der Waals surface area contributed by atoms with E-state index in [0.717, 1.165) is 0 Å². The number of hydrogen-bond donors (Lipinski definition) is 0. The molecule has 1 nitrogen and oxygen atoms in total. The Kier molecular flexibility index (Phi) is 3.26. The molecule has 0 fully saturated rings. The Labute approximate surface area is 80.0 Å². The fourth-order valence-corrected chi connectivity index (χ4v) is 0.608. The maximum atomic E-state index is 12.4. The van der Waals surface area contributed by atoms with Gasteiger partial charge in [0.1, 0.15) is 0 Å². The third-order valence-electron chi connectivity index (χ3n) is 1.45. The van der Waals surface area contributed by atoms with Crippen LogP contribution in [0.15, 0.2) is 0 Å². The van der Waals surface area contributed by atoms with Gasteiger partial charge in [-0.1, -0.05) is 0 Å². The molecule has 1 unspecified atom stereocenters. The highest BCUT2D eigenvalue weighted by molar-refractivity contribution is 5.81. The van der Waals surface area contributed by atoms with Gasteiger partial charge in [-0.25, -0.2) is 4.39 Å². The highest BCUT2D eigenvalue weighted by atomic mass is 19.4. The van der Waals surface area contributed by atoms with Crippen molar-refractivity contribution in [1.29, 1.82) is 0 Å². The quantitative estimate of drug-likeness (QED) is 0.554. The van der Waals surface area contributed by atoms with Crippen LogP contribution in [0.1, 0.15) is 0 Å². The first kappa shape index (κ1) is 15.0. The van der Waals surface area contributed by atoms with Crippen molar-refractivity contribution in [2.24, 2.45) is 0 Å². The van der Waals surface area contributed by atoms with Gasteiger partial charge in [0, 0.05) is 0 Å². The van der Waals surface area contributed by atoms with Crippen LogP contribution in [0.5, 0.6) is 0 Å². The van der Waals surface area contributed by atoms with E-state index in [9.17, 15) is 48.7 Å². The smallest absolute Gasteiger partial charge is 0.257 e. The van der Waals surface area contributed by atoms with E-state index in [4.69, 9.17) is 0 Å². The summed E-state index contributed by atoms with van der Waals surface area (Å²) in [5.74, 6) is -7.22. The number of alkyl halides is 9. The highest BCUT2D eigenvalue weighted by Gasteiger charge is 2.85. The topological polar surface area (TPSA) is 17.1 Å². The van der Waals surface area contributed by atoms with Crippen molar-refractivity contribution >= 4 is 6.04 Å². The van der Waals surface area contributed by atoms with Crippen LogP contribution in [0, 0.1) is 0 Å². The summed E-state index contributed by atoms with van der Waals surface area (Å²) in [7, 11) is 0. The summed E-state index contributed by atoms with van der Waals surface area (Å²) in [6, 6.07) is -4.47. The second kappa shape index (κ2) is 3.48. The van der Waals surface area contributed by atoms with Crippen LogP contribution in [-0.2, 0) is 4.79 Å². The first-order valence-corrected chi connectivity index (χ1v) is 3.09. The molecule has 0 saturated heterocycles. The standard InChI is InChI=1S/C5F10O/c6-1(16)2(7,4(10,11)12)3(8,9)5(13,14)15. The second-order valence-corrected chi connectivity index (χ2v) is 2.50. The molecule has 0 aliphatic rings. The Morgan fingerprint density at radius 2 is 1.00 bits per heavy atom. The zero-order valence-electron chi connectivity index (χ0n) is 6.69. The van der Waals surface area contributed by atoms with Crippen LogP contribution in [0.4, 0.5) is 43.9 Å². The molecule has 96 valence electrons. The SMILES string of the molecule is O=C(F)C(F)(C(F)(F)F)C(F)(F)C(F)(F)F. The molecule has 0 aliphatic carbocycles. The predicted octanol–water partition coefficient (Wildman–Crippen LogP) is 2.95. The van der Waals surface area contributed by atoms with Crippen LogP contribution >= 0.6 is 0 Å². The molecule has 0 aromatic carbocycles. The lowest BCUT2D eigenvalue weighted by Crippen LogP contribution is -2.65. The average Bonchev–Trinajstić information content (AvgIpc) is 1.97. The van der Waals surface area contributed by atoms with Gasteiger partial charge in [0.15, 0.2) is 0 Å². The van der Waals surface area contributed by atoms with Crippen molar-refractivity contribution in [3.8, 4) is 0 Å². The van der Waals surface area contributed by atoms with Gasteiger partial charge in [-0.05, 0) is 0 Å². The van der Waals surface area contributed by atoms with Crippen LogP contribution < -0.4 is 0 Å². The molecule has 16 heavy (non-hydrogen) atoms. The van der Waals surface area contributed by atoms with Crippen molar-refractivity contribution in [2.45, 2.75) is 23.9 Å². The lowest BCUT2D eigenvalue weighted by molar-refractivity contribution is -0.372. The van der Waals surface area contributed by atoms with E-state index in [1.165, 1.54) is 0 Å². The predicted molar refractivity (Wildman–Crippen MR) is 27.0 cm³/mol. The Hall–Kier alpha value is -1.03. The Morgan fingerprint density at radius 1 is 0.688 bits per heavy atom. The summed E-state index contributed by atoms with van der Waals surface area (Å²) in [5.41, 5.74) is -6.95. The summed E-state index contributed by atoms with van der Waals surface area (Å²) in [6.07, 6.45) is -14.1. The lowest BCUT2D eigenvalue weighted by atomic mass is 9.97. The fraction of sp³-hybridized carbons (Fsp3) is 0.800. The molecule has 0 aromatic rings. The molecule has 11 heteroatoms. The van der Waals surface area contributed by atoms with Gasteiger partial charge in [0.05, 0.1) is 0 Å². The highest BCUT2D eigenvalue weighted by Crippen LogP contribution is 2.53. The lowest BCUT2D eigenvalue weighted by Gasteiger charge is -2.31. The molecule has 0 amide bonds. The van der Waals surface area contributed by atoms with Crippen LogP contribution in [-0.4, -0.2) is 30.0 Å². The van der Waals surface area contributed by atoms with Crippen LogP contribution in [0.25, 0.3) is 0 Å². The molecule has 0 spiro atoms. The van der Waals surface area contributed by atoms with E-state index >= 15 is 0 Å². The van der Waals surface area contributed by atoms with E-state index in [0.29, 0.717) is 0 Å². The summed E-state index contributed by atoms with van der Waals surface area (Å²) in [4.78, 5) is 9.46. The van der Waals surface area contributed by atoms with Gasteiger partial charge >= 0.3 is 30.0 Å². The minimum atomic E-state index is -7.22. The van der Waals surface area contributed by atoms with E-state index in [1.807, 2.05) is 0 Å². The monoisotopic (exact) mass is 266 g/mol. The van der Waals surface area contributed by atoms with Crippen molar-refractivity contribution in [2.75, 3.05) is 0 Å². The van der Waals surface area contributed by atoms with Crippen LogP contribution in [0.2, 0.25) is 0 Å². The number of carbonyl (C=O) groups excluding carboxylic acids is 1. The summed E-state index contributed by atoms with van der Waals surface area (Å²) >= 11 is 0. The first-order valence-electron chi connectivity index (χ1n) is 3.09. The van der Waals surface area contributed by atoms with Gasteiger partial charge in [-0.3, -0.25) is 4.79 Å². The maximum absolute atomic E-state index is 12.4. The van der Waals surface area contributed by atoms with E-state index in [-0.39, 0.29) is 0 Å². The molecule has 0 saturated carbocycles. The largest absolute Gasteiger partial charge is 0.457 e. The molecule has 0 rings (SSSR count). The minimum Gasteiger partial charge on any atom is -0.257 e. The van der Waals surface area contributed by atoms with Gasteiger partial charge in [-0.15, -0.1) is 0 Å². The van der Waals surface area contributed by atoms with Crippen molar-refractivity contribution in [3.05, 3.63) is 0 Å². The maximum Gasteiger partial charge on any atom is 0.457 e. The summed E-state index contributed by atoms with van der Waals surface area (Å²) < 4.78 is 117. The van der Waals surface area contributed by atoms with Crippen LogP contribution in [0.3, 0.4) is 0 Å². The van der Waals surface area contributed by atoms with E-state index in [1.54, 1.807) is 0 Å². The third kappa shape index (κ3) is 1.82. The second-order valence-electron chi connectivity index (χ2n) is 2.50. The number of halogens is 10. The van der Waals surface area contributed by atoms with E-state index in [2.05, 4.69) is 0 Å². The van der Waals surface area contributed by atoms with Gasteiger partial charge < -0.3 is 0 Å². The minimum absolute atomic E-state index is 4.47. The molecule has 1 atom stereocenters. The molecule has 0 bridgehead atoms. The number of hydrogen-bond acceptors (Lipinski definition) is 1. The fourth-order valence-electron chi connectivity index (χ4n) is 0.608. The Balaban J connectivity index is 5.85. The molecule has 0 heterocycles. The van der Waals surface area contributed by atoms with Crippen molar-refractivity contribution < 1.29 is 48.7 Å². The summed E-state index contributed by atoms with van der Waals surface area (Å²) in [6.45, 7) is 0. The Bertz CT molecular complexity index is 287. The molecule has 0 N–H and O–H groups in total. The zero-order valence-corrected chi connectivity index (χ0v) is 6.69. The molecule has 0 aromatic heterocycles. The molecule has 0 radical (unpaired) electrons. The van der Waals surface area contributed by atoms with E-state index < -0.39 is 30.0 Å². The zero-order chi connectivity index (χ0) is 13.6. The molecular weight excluding hydrogens is 266 g/mol. The average molecular weight is 266 g/mol. The van der Waals surface area contributed by atoms with Gasteiger partial charge in [0.25, 0.3) is 0 Å². The van der Waals surface area contributed by atoms with Gasteiger partial charge in [-0.2, -0.15) is 39.5 Å². The number of rotatable bonds is 2. The summed E-state index contributed by atoms with van der Waals surface area (Å²) in [5, 5.41) is 0. The van der Waals surface area contributed by atoms with Gasteiger partial charge in [0.2, 0.25) is 0 Å². The third-order valence-corrected chi connectivity index (χ3v) is 1.45. The molecule has 0 aliphatic heterocycles. The first-order chi connectivity index (χ1) is 6.69.